The van der Waals surface area contributed by atoms with Crippen LogP contribution >= 0.6 is 0 Å². The van der Waals surface area contributed by atoms with Crippen molar-refractivity contribution in [2.75, 3.05) is 31.6 Å². The first-order chi connectivity index (χ1) is 10.2. The van der Waals surface area contributed by atoms with Crippen LogP contribution in [0.5, 0.6) is 0 Å². The van der Waals surface area contributed by atoms with Gasteiger partial charge in [-0.1, -0.05) is 25.1 Å². The number of nitrogens with zero attached hydrogens (tertiary/aromatic N) is 2. The van der Waals surface area contributed by atoms with E-state index in [1.807, 2.05) is 0 Å². The smallest absolute Gasteiger partial charge is 0.0414 e. The molecule has 3 atom stereocenters. The summed E-state index contributed by atoms with van der Waals surface area (Å²) in [5.74, 6) is 0.823. The molecule has 1 aromatic rings. The van der Waals surface area contributed by atoms with Crippen molar-refractivity contribution in [3.8, 4) is 0 Å². The highest BCUT2D eigenvalue weighted by Crippen LogP contribution is 2.34. The van der Waals surface area contributed by atoms with Gasteiger partial charge in [-0.15, -0.1) is 0 Å². The van der Waals surface area contributed by atoms with Gasteiger partial charge < -0.3 is 15.5 Å². The maximum Gasteiger partial charge on any atom is 0.0414 e. The summed E-state index contributed by atoms with van der Waals surface area (Å²) in [5, 5.41) is 0. The Hall–Kier alpha value is -1.06. The number of para-hydroxylation sites is 1. The normalized spacial score (nSPS) is 28.2. The fourth-order valence-electron chi connectivity index (χ4n) is 4.18. The number of likely N-dealkylation sites (tertiary alicyclic amines) is 1. The van der Waals surface area contributed by atoms with E-state index in [1.54, 1.807) is 0 Å². The van der Waals surface area contributed by atoms with Crippen LogP contribution in [0.2, 0.25) is 0 Å². The first-order valence-electron chi connectivity index (χ1n) is 8.50. The molecule has 2 fully saturated rings. The second-order valence-corrected chi connectivity index (χ2v) is 6.76. The summed E-state index contributed by atoms with van der Waals surface area (Å²) >= 11 is 0. The average molecular weight is 287 g/mol. The molecule has 3 heteroatoms. The lowest BCUT2D eigenvalue weighted by Crippen LogP contribution is -2.53. The van der Waals surface area contributed by atoms with E-state index in [4.69, 9.17) is 5.73 Å². The van der Waals surface area contributed by atoms with Gasteiger partial charge in [0.2, 0.25) is 0 Å². The van der Waals surface area contributed by atoms with Crippen molar-refractivity contribution in [2.45, 2.75) is 44.7 Å². The molecule has 0 saturated carbocycles. The molecule has 3 nitrogen and oxygen atoms in total. The summed E-state index contributed by atoms with van der Waals surface area (Å²) < 4.78 is 0. The van der Waals surface area contributed by atoms with Gasteiger partial charge in [0, 0.05) is 30.9 Å². The second-order valence-electron chi connectivity index (χ2n) is 6.76. The van der Waals surface area contributed by atoms with Gasteiger partial charge in [0.05, 0.1) is 0 Å². The van der Waals surface area contributed by atoms with Crippen LogP contribution in [0.25, 0.3) is 0 Å². The molecule has 2 aliphatic heterocycles. The Balaban J connectivity index is 1.79. The van der Waals surface area contributed by atoms with Crippen LogP contribution in [-0.4, -0.2) is 37.6 Å². The third-order valence-corrected chi connectivity index (χ3v) is 5.46. The molecule has 3 unspecified atom stereocenters. The molecule has 2 saturated heterocycles. The number of hydrogen-bond acceptors (Lipinski definition) is 3. The lowest BCUT2D eigenvalue weighted by atomic mass is 9.83. The first-order valence-corrected chi connectivity index (χ1v) is 8.50. The van der Waals surface area contributed by atoms with Gasteiger partial charge >= 0.3 is 0 Å². The SMILES string of the molecule is CCC(N)c1ccccc1N1CCC2C(CCCN2C)C1. The van der Waals surface area contributed by atoms with E-state index in [1.165, 1.54) is 50.1 Å². The highest BCUT2D eigenvalue weighted by atomic mass is 15.2. The highest BCUT2D eigenvalue weighted by molar-refractivity contribution is 5.55. The molecule has 0 radical (unpaired) electrons. The van der Waals surface area contributed by atoms with E-state index in [0.29, 0.717) is 0 Å². The molecule has 0 aliphatic carbocycles. The number of nitrogens with two attached hydrogens (primary N) is 1. The number of hydrogen-bond donors (Lipinski definition) is 1. The molecule has 2 N–H and O–H groups in total. The van der Waals surface area contributed by atoms with Gasteiger partial charge in [0.15, 0.2) is 0 Å². The second kappa shape index (κ2) is 6.37. The third kappa shape index (κ3) is 2.95. The molecule has 1 aromatic carbocycles. The maximum atomic E-state index is 6.32. The Morgan fingerprint density at radius 1 is 1.24 bits per heavy atom. The number of anilines is 1. The summed E-state index contributed by atoms with van der Waals surface area (Å²) in [7, 11) is 2.30. The van der Waals surface area contributed by atoms with Crippen molar-refractivity contribution >= 4 is 5.69 Å². The van der Waals surface area contributed by atoms with Gasteiger partial charge in [-0.3, -0.25) is 0 Å². The Labute approximate surface area is 129 Å². The number of fused-ring (bicyclic) bond motifs is 1. The summed E-state index contributed by atoms with van der Waals surface area (Å²) in [4.78, 5) is 5.17. The Kier molecular flexibility index (Phi) is 4.51. The Morgan fingerprint density at radius 3 is 2.86 bits per heavy atom. The molecule has 0 spiro atoms. The molecule has 21 heavy (non-hydrogen) atoms. The van der Waals surface area contributed by atoms with Gasteiger partial charge in [-0.25, -0.2) is 0 Å². The van der Waals surface area contributed by atoms with Crippen molar-refractivity contribution in [1.82, 2.24) is 4.90 Å². The Morgan fingerprint density at radius 2 is 2.05 bits per heavy atom. The molecule has 116 valence electrons. The van der Waals surface area contributed by atoms with E-state index >= 15 is 0 Å². The first kappa shape index (κ1) is 14.9. The standard InChI is InChI=1S/C18H29N3/c1-3-16(19)15-8-4-5-9-18(15)21-12-10-17-14(13-21)7-6-11-20(17)2/h4-5,8-9,14,16-17H,3,6-7,10-13,19H2,1-2H3. The topological polar surface area (TPSA) is 32.5 Å². The van der Waals surface area contributed by atoms with Crippen molar-refractivity contribution in [3.63, 3.8) is 0 Å². The lowest BCUT2D eigenvalue weighted by molar-refractivity contribution is 0.102. The highest BCUT2D eigenvalue weighted by Gasteiger charge is 2.34. The van der Waals surface area contributed by atoms with E-state index in [-0.39, 0.29) is 6.04 Å². The van der Waals surface area contributed by atoms with E-state index in [9.17, 15) is 0 Å². The summed E-state index contributed by atoms with van der Waals surface area (Å²) in [6, 6.07) is 9.70. The molecular formula is C18H29N3. The summed E-state index contributed by atoms with van der Waals surface area (Å²) in [6.45, 7) is 5.81. The minimum atomic E-state index is 0.160. The summed E-state index contributed by atoms with van der Waals surface area (Å²) in [6.07, 6.45) is 5.02. The zero-order valence-electron chi connectivity index (χ0n) is 13.5. The zero-order valence-corrected chi connectivity index (χ0v) is 13.5. The largest absolute Gasteiger partial charge is 0.371 e. The van der Waals surface area contributed by atoms with Crippen molar-refractivity contribution in [1.29, 1.82) is 0 Å². The van der Waals surface area contributed by atoms with Gasteiger partial charge in [0.1, 0.15) is 0 Å². The van der Waals surface area contributed by atoms with Gasteiger partial charge in [-0.05, 0) is 56.8 Å². The number of piperidine rings is 2. The number of benzene rings is 1. The van der Waals surface area contributed by atoms with Crippen molar-refractivity contribution < 1.29 is 0 Å². The molecule has 3 rings (SSSR count). The quantitative estimate of drug-likeness (QED) is 0.927. The van der Waals surface area contributed by atoms with Crippen LogP contribution in [0.3, 0.4) is 0 Å². The average Bonchev–Trinajstić information content (AvgIpc) is 2.54. The predicted molar refractivity (Wildman–Crippen MR) is 89.6 cm³/mol. The van der Waals surface area contributed by atoms with Crippen LogP contribution in [0.1, 0.15) is 44.2 Å². The third-order valence-electron chi connectivity index (χ3n) is 5.46. The van der Waals surface area contributed by atoms with E-state index < -0.39 is 0 Å². The fourth-order valence-corrected chi connectivity index (χ4v) is 4.18. The van der Waals surface area contributed by atoms with Crippen molar-refractivity contribution in [3.05, 3.63) is 29.8 Å². The maximum absolute atomic E-state index is 6.32. The van der Waals surface area contributed by atoms with Crippen LogP contribution < -0.4 is 10.6 Å². The molecule has 2 heterocycles. The van der Waals surface area contributed by atoms with Crippen molar-refractivity contribution in [2.24, 2.45) is 11.7 Å². The molecule has 0 aromatic heterocycles. The van der Waals surface area contributed by atoms with Crippen LogP contribution in [-0.2, 0) is 0 Å². The Bertz CT molecular complexity index is 473. The van der Waals surface area contributed by atoms with Crippen LogP contribution in [0.15, 0.2) is 24.3 Å². The van der Waals surface area contributed by atoms with Crippen LogP contribution in [0, 0.1) is 5.92 Å². The van der Waals surface area contributed by atoms with Gasteiger partial charge in [0.25, 0.3) is 0 Å². The monoisotopic (exact) mass is 287 g/mol. The predicted octanol–water partition coefficient (Wildman–Crippen LogP) is 3.02. The minimum Gasteiger partial charge on any atom is -0.371 e. The summed E-state index contributed by atoms with van der Waals surface area (Å²) in [5.41, 5.74) is 9.02. The minimum absolute atomic E-state index is 0.160. The van der Waals surface area contributed by atoms with Gasteiger partial charge in [-0.2, -0.15) is 0 Å². The molecule has 2 aliphatic rings. The zero-order chi connectivity index (χ0) is 14.8. The molecule has 0 bridgehead atoms. The van der Waals surface area contributed by atoms with Crippen LogP contribution in [0.4, 0.5) is 5.69 Å². The van der Waals surface area contributed by atoms with E-state index in [0.717, 1.165) is 18.4 Å². The lowest BCUT2D eigenvalue weighted by Gasteiger charge is -2.47. The fraction of sp³-hybridized carbons (Fsp3) is 0.667. The van der Waals surface area contributed by atoms with E-state index in [2.05, 4.69) is 48.0 Å². The number of rotatable bonds is 3. The molecular weight excluding hydrogens is 258 g/mol. The molecule has 0 amide bonds.